The standard InChI is InChI=1S/C24H26ClFN6O2/c1-29(2)15-21-27-23(24(34)31-12-10-30(3)11-13-31)28-32(21)20-9-8-16(25)14-18(20)22(33)17-6-4-5-7-19(17)26/h4-9,14H,10-13,15H2,1-3H3. The SMILES string of the molecule is CN(C)Cc1nc(C(=O)N2CCN(C)CC2)nn1-c1ccc(Cl)cc1C(=O)c1ccccc1F. The monoisotopic (exact) mass is 484 g/mol. The minimum atomic E-state index is -0.628. The van der Waals surface area contributed by atoms with E-state index in [1.165, 1.54) is 28.9 Å². The molecule has 10 heteroatoms. The van der Waals surface area contributed by atoms with E-state index in [2.05, 4.69) is 15.0 Å². The number of hydrogen-bond acceptors (Lipinski definition) is 6. The first-order chi connectivity index (χ1) is 16.2. The van der Waals surface area contributed by atoms with Gasteiger partial charge in [-0.15, -0.1) is 5.10 Å². The normalized spacial score (nSPS) is 14.6. The zero-order valence-electron chi connectivity index (χ0n) is 19.3. The minimum Gasteiger partial charge on any atom is -0.333 e. The Hall–Kier alpha value is -3.14. The fourth-order valence-electron chi connectivity index (χ4n) is 3.83. The summed E-state index contributed by atoms with van der Waals surface area (Å²) in [5.74, 6) is -0.888. The van der Waals surface area contributed by atoms with Crippen LogP contribution >= 0.6 is 11.6 Å². The van der Waals surface area contributed by atoms with Crippen LogP contribution in [-0.2, 0) is 6.54 Å². The van der Waals surface area contributed by atoms with E-state index < -0.39 is 11.6 Å². The summed E-state index contributed by atoms with van der Waals surface area (Å²) in [5, 5.41) is 4.83. The van der Waals surface area contributed by atoms with Crippen molar-refractivity contribution in [1.29, 1.82) is 0 Å². The summed E-state index contributed by atoms with van der Waals surface area (Å²) in [6.07, 6.45) is 0. The first kappa shape index (κ1) is 24.0. The lowest BCUT2D eigenvalue weighted by Gasteiger charge is -2.31. The lowest BCUT2D eigenvalue weighted by atomic mass is 10.0. The van der Waals surface area contributed by atoms with Crippen molar-refractivity contribution >= 4 is 23.3 Å². The van der Waals surface area contributed by atoms with Crippen LogP contribution in [0.5, 0.6) is 0 Å². The number of halogens is 2. The zero-order chi connectivity index (χ0) is 24.4. The summed E-state index contributed by atoms with van der Waals surface area (Å²) in [4.78, 5) is 36.8. The molecule has 0 atom stereocenters. The van der Waals surface area contributed by atoms with Crippen molar-refractivity contribution < 1.29 is 14.0 Å². The van der Waals surface area contributed by atoms with Gasteiger partial charge in [0, 0.05) is 36.8 Å². The quantitative estimate of drug-likeness (QED) is 0.501. The maximum Gasteiger partial charge on any atom is 0.293 e. The summed E-state index contributed by atoms with van der Waals surface area (Å²) in [6.45, 7) is 3.10. The minimum absolute atomic E-state index is 0.0562. The number of piperazine rings is 1. The topological polar surface area (TPSA) is 74.6 Å². The van der Waals surface area contributed by atoms with E-state index in [9.17, 15) is 14.0 Å². The van der Waals surface area contributed by atoms with Gasteiger partial charge in [-0.3, -0.25) is 9.59 Å². The summed E-state index contributed by atoms with van der Waals surface area (Å²) in [7, 11) is 5.75. The van der Waals surface area contributed by atoms with Gasteiger partial charge in [0.25, 0.3) is 5.91 Å². The third kappa shape index (κ3) is 5.01. The molecule has 0 saturated carbocycles. The van der Waals surface area contributed by atoms with Gasteiger partial charge in [0.2, 0.25) is 5.82 Å². The van der Waals surface area contributed by atoms with E-state index in [0.29, 0.717) is 36.2 Å². The predicted molar refractivity (Wildman–Crippen MR) is 127 cm³/mol. The highest BCUT2D eigenvalue weighted by Gasteiger charge is 2.27. The van der Waals surface area contributed by atoms with E-state index in [1.807, 2.05) is 26.0 Å². The number of aromatic nitrogens is 3. The highest BCUT2D eigenvalue weighted by atomic mass is 35.5. The van der Waals surface area contributed by atoms with E-state index in [1.54, 1.807) is 23.1 Å². The van der Waals surface area contributed by atoms with Gasteiger partial charge >= 0.3 is 0 Å². The molecule has 1 fully saturated rings. The molecule has 0 bridgehead atoms. The molecule has 4 rings (SSSR count). The summed E-state index contributed by atoms with van der Waals surface area (Å²) in [5.41, 5.74) is 0.467. The van der Waals surface area contributed by atoms with E-state index in [4.69, 9.17) is 11.6 Å². The Labute approximate surface area is 202 Å². The average molecular weight is 485 g/mol. The smallest absolute Gasteiger partial charge is 0.293 e. The van der Waals surface area contributed by atoms with Crippen LogP contribution < -0.4 is 0 Å². The van der Waals surface area contributed by atoms with Crippen molar-refractivity contribution in [2.45, 2.75) is 6.54 Å². The molecular weight excluding hydrogens is 459 g/mol. The van der Waals surface area contributed by atoms with Gasteiger partial charge < -0.3 is 14.7 Å². The molecular formula is C24H26ClFN6O2. The Morgan fingerprint density at radius 1 is 1.06 bits per heavy atom. The number of carbonyl (C=O) groups is 2. The molecule has 1 aliphatic rings. The molecule has 2 heterocycles. The lowest BCUT2D eigenvalue weighted by Crippen LogP contribution is -2.47. The predicted octanol–water partition coefficient (Wildman–Crippen LogP) is 2.74. The Balaban J connectivity index is 1.78. The second-order valence-corrected chi connectivity index (χ2v) is 9.00. The first-order valence-electron chi connectivity index (χ1n) is 10.9. The fourth-order valence-corrected chi connectivity index (χ4v) is 4.00. The fraction of sp³-hybridized carbons (Fsp3) is 0.333. The van der Waals surface area contributed by atoms with E-state index in [0.717, 1.165) is 13.1 Å². The van der Waals surface area contributed by atoms with Crippen molar-refractivity contribution in [3.8, 4) is 5.69 Å². The molecule has 1 amide bonds. The van der Waals surface area contributed by atoms with Crippen LogP contribution in [0.1, 0.15) is 32.4 Å². The molecule has 1 aliphatic heterocycles. The highest BCUT2D eigenvalue weighted by Crippen LogP contribution is 2.25. The van der Waals surface area contributed by atoms with Gasteiger partial charge in [0.05, 0.1) is 17.8 Å². The number of likely N-dealkylation sites (N-methyl/N-ethyl adjacent to an activating group) is 1. The molecule has 34 heavy (non-hydrogen) atoms. The van der Waals surface area contributed by atoms with Gasteiger partial charge in [-0.1, -0.05) is 23.7 Å². The number of ketones is 1. The molecule has 3 aromatic rings. The van der Waals surface area contributed by atoms with Crippen LogP contribution in [-0.4, -0.2) is 88.5 Å². The summed E-state index contributed by atoms with van der Waals surface area (Å²) in [6, 6.07) is 10.5. The number of carbonyl (C=O) groups excluding carboxylic acids is 2. The Bertz CT molecular complexity index is 1220. The van der Waals surface area contributed by atoms with Crippen LogP contribution in [0.2, 0.25) is 5.02 Å². The Morgan fingerprint density at radius 3 is 2.44 bits per heavy atom. The largest absolute Gasteiger partial charge is 0.333 e. The lowest BCUT2D eigenvalue weighted by molar-refractivity contribution is 0.0651. The van der Waals surface area contributed by atoms with Crippen LogP contribution in [0.25, 0.3) is 5.69 Å². The van der Waals surface area contributed by atoms with Crippen molar-refractivity contribution in [3.63, 3.8) is 0 Å². The van der Waals surface area contributed by atoms with E-state index in [-0.39, 0.29) is 22.9 Å². The van der Waals surface area contributed by atoms with Crippen molar-refractivity contribution in [1.82, 2.24) is 29.5 Å². The van der Waals surface area contributed by atoms with Crippen LogP contribution in [0.15, 0.2) is 42.5 Å². The number of hydrogen-bond donors (Lipinski definition) is 0. The second kappa shape index (κ2) is 10.0. The number of benzene rings is 2. The van der Waals surface area contributed by atoms with Gasteiger partial charge in [-0.2, -0.15) is 0 Å². The molecule has 1 saturated heterocycles. The Morgan fingerprint density at radius 2 is 1.76 bits per heavy atom. The Kier molecular flexibility index (Phi) is 7.06. The first-order valence-corrected chi connectivity index (χ1v) is 11.3. The zero-order valence-corrected chi connectivity index (χ0v) is 20.1. The van der Waals surface area contributed by atoms with Gasteiger partial charge in [0.15, 0.2) is 5.78 Å². The second-order valence-electron chi connectivity index (χ2n) is 8.57. The molecule has 0 aliphatic carbocycles. The average Bonchev–Trinajstić information content (AvgIpc) is 3.21. The summed E-state index contributed by atoms with van der Waals surface area (Å²) >= 11 is 6.20. The number of amides is 1. The van der Waals surface area contributed by atoms with Crippen LogP contribution in [0.3, 0.4) is 0 Å². The summed E-state index contributed by atoms with van der Waals surface area (Å²) < 4.78 is 15.9. The van der Waals surface area contributed by atoms with Gasteiger partial charge in [-0.25, -0.2) is 14.1 Å². The molecule has 2 aromatic carbocycles. The molecule has 0 unspecified atom stereocenters. The van der Waals surface area contributed by atoms with Crippen molar-refractivity contribution in [3.05, 3.63) is 76.1 Å². The number of nitrogens with zero attached hydrogens (tertiary/aromatic N) is 6. The molecule has 8 nitrogen and oxygen atoms in total. The van der Waals surface area contributed by atoms with Crippen molar-refractivity contribution in [2.24, 2.45) is 0 Å². The molecule has 0 N–H and O–H groups in total. The molecule has 0 spiro atoms. The third-order valence-electron chi connectivity index (χ3n) is 5.66. The molecule has 0 radical (unpaired) electrons. The maximum atomic E-state index is 14.4. The maximum absolute atomic E-state index is 14.4. The van der Waals surface area contributed by atoms with Crippen molar-refractivity contribution in [2.75, 3.05) is 47.3 Å². The highest BCUT2D eigenvalue weighted by molar-refractivity contribution is 6.31. The van der Waals surface area contributed by atoms with Gasteiger partial charge in [0.1, 0.15) is 11.6 Å². The van der Waals surface area contributed by atoms with E-state index >= 15 is 0 Å². The van der Waals surface area contributed by atoms with Crippen LogP contribution in [0, 0.1) is 5.82 Å². The van der Waals surface area contributed by atoms with Crippen LogP contribution in [0.4, 0.5) is 4.39 Å². The molecule has 178 valence electrons. The van der Waals surface area contributed by atoms with Gasteiger partial charge in [-0.05, 0) is 51.5 Å². The number of rotatable bonds is 6. The third-order valence-corrected chi connectivity index (χ3v) is 5.90. The molecule has 1 aromatic heterocycles.